The van der Waals surface area contributed by atoms with E-state index in [1.165, 1.54) is 24.3 Å². The number of benzene rings is 2. The van der Waals surface area contributed by atoms with Crippen molar-refractivity contribution in [3.8, 4) is 0 Å². The Hall–Kier alpha value is -3.69. The van der Waals surface area contributed by atoms with E-state index in [1.807, 2.05) is 0 Å². The van der Waals surface area contributed by atoms with E-state index >= 15 is 0 Å². The standard InChI is InChI=1S/C21H18F3N3O4/c22-21(23,24)16-8-4-3-7-15(16)18(29)26-11-10-25-17(28)9-12-27-19(30)13-5-1-2-6-14(13)20(27)31/h1-8H,9-12H2,(H,25,28)(H,26,29). The van der Waals surface area contributed by atoms with Crippen LogP contribution < -0.4 is 10.6 Å². The minimum atomic E-state index is -4.66. The van der Waals surface area contributed by atoms with Crippen molar-refractivity contribution < 1.29 is 32.3 Å². The Balaban J connectivity index is 1.43. The summed E-state index contributed by atoms with van der Waals surface area (Å²) in [5.41, 5.74) is -0.978. The molecule has 0 aliphatic carbocycles. The van der Waals surface area contributed by atoms with Gasteiger partial charge in [0.25, 0.3) is 17.7 Å². The lowest BCUT2D eigenvalue weighted by Gasteiger charge is -2.14. The van der Waals surface area contributed by atoms with Crippen LogP contribution in [0.4, 0.5) is 13.2 Å². The predicted octanol–water partition coefficient (Wildman–Crippen LogP) is 2.24. The van der Waals surface area contributed by atoms with Crippen LogP contribution in [0.5, 0.6) is 0 Å². The monoisotopic (exact) mass is 433 g/mol. The highest BCUT2D eigenvalue weighted by molar-refractivity contribution is 6.21. The van der Waals surface area contributed by atoms with E-state index in [4.69, 9.17) is 0 Å². The van der Waals surface area contributed by atoms with Gasteiger partial charge in [-0.05, 0) is 24.3 Å². The Morgan fingerprint density at radius 2 is 1.39 bits per heavy atom. The van der Waals surface area contributed by atoms with E-state index in [2.05, 4.69) is 10.6 Å². The number of nitrogens with one attached hydrogen (secondary N) is 2. The van der Waals surface area contributed by atoms with Crippen molar-refractivity contribution in [3.63, 3.8) is 0 Å². The van der Waals surface area contributed by atoms with Crippen LogP contribution in [0, 0.1) is 0 Å². The first-order chi connectivity index (χ1) is 14.7. The fourth-order valence-electron chi connectivity index (χ4n) is 3.15. The zero-order valence-corrected chi connectivity index (χ0v) is 16.2. The molecule has 0 saturated carbocycles. The second-order valence-electron chi connectivity index (χ2n) is 6.71. The Labute approximate surface area is 175 Å². The molecule has 0 spiro atoms. The van der Waals surface area contributed by atoms with Crippen molar-refractivity contribution >= 4 is 23.6 Å². The van der Waals surface area contributed by atoms with Crippen LogP contribution in [0.1, 0.15) is 43.1 Å². The summed E-state index contributed by atoms with van der Waals surface area (Å²) in [5, 5.41) is 4.80. The molecule has 0 fully saturated rings. The quantitative estimate of drug-likeness (QED) is 0.517. The lowest BCUT2D eigenvalue weighted by atomic mass is 10.1. The summed E-state index contributed by atoms with van der Waals surface area (Å²) >= 11 is 0. The van der Waals surface area contributed by atoms with Crippen molar-refractivity contribution in [1.29, 1.82) is 0 Å². The molecule has 31 heavy (non-hydrogen) atoms. The zero-order valence-electron chi connectivity index (χ0n) is 16.2. The largest absolute Gasteiger partial charge is 0.417 e. The highest BCUT2D eigenvalue weighted by atomic mass is 19.4. The van der Waals surface area contributed by atoms with Crippen molar-refractivity contribution in [3.05, 3.63) is 70.8 Å². The molecule has 0 unspecified atom stereocenters. The number of fused-ring (bicyclic) bond motifs is 1. The molecule has 0 saturated heterocycles. The molecular formula is C21H18F3N3O4. The maximum absolute atomic E-state index is 13.0. The van der Waals surface area contributed by atoms with Gasteiger partial charge in [0.15, 0.2) is 0 Å². The van der Waals surface area contributed by atoms with Gasteiger partial charge in [-0.3, -0.25) is 24.1 Å². The van der Waals surface area contributed by atoms with Crippen LogP contribution in [0.15, 0.2) is 48.5 Å². The smallest absolute Gasteiger partial charge is 0.354 e. The second kappa shape index (κ2) is 8.99. The zero-order chi connectivity index (χ0) is 22.6. The van der Waals surface area contributed by atoms with Crippen molar-refractivity contribution in [1.82, 2.24) is 15.5 Å². The van der Waals surface area contributed by atoms with Crippen molar-refractivity contribution in [2.75, 3.05) is 19.6 Å². The number of hydrogen-bond donors (Lipinski definition) is 2. The molecule has 0 aromatic heterocycles. The maximum atomic E-state index is 13.0. The molecule has 4 amide bonds. The van der Waals surface area contributed by atoms with Crippen molar-refractivity contribution in [2.24, 2.45) is 0 Å². The molecule has 3 rings (SSSR count). The number of amides is 4. The van der Waals surface area contributed by atoms with Crippen LogP contribution in [0.25, 0.3) is 0 Å². The third-order valence-corrected chi connectivity index (χ3v) is 4.65. The molecule has 2 aromatic carbocycles. The van der Waals surface area contributed by atoms with Gasteiger partial charge < -0.3 is 10.6 Å². The lowest BCUT2D eigenvalue weighted by Crippen LogP contribution is -2.38. The first kappa shape index (κ1) is 22.0. The predicted molar refractivity (Wildman–Crippen MR) is 103 cm³/mol. The molecule has 7 nitrogen and oxygen atoms in total. The number of carbonyl (C=O) groups excluding carboxylic acids is 4. The number of imide groups is 1. The molecule has 0 radical (unpaired) electrons. The van der Waals surface area contributed by atoms with Gasteiger partial charge in [0, 0.05) is 26.1 Å². The van der Waals surface area contributed by atoms with Gasteiger partial charge in [0.2, 0.25) is 5.91 Å². The topological polar surface area (TPSA) is 95.6 Å². The molecule has 2 aromatic rings. The molecule has 0 bridgehead atoms. The molecular weight excluding hydrogens is 415 g/mol. The summed E-state index contributed by atoms with van der Waals surface area (Å²) in [5.74, 6) is -2.32. The lowest BCUT2D eigenvalue weighted by molar-refractivity contribution is -0.138. The Morgan fingerprint density at radius 1 is 0.839 bits per heavy atom. The number of halogens is 3. The summed E-state index contributed by atoms with van der Waals surface area (Å²) in [6, 6.07) is 10.8. The highest BCUT2D eigenvalue weighted by Gasteiger charge is 2.35. The second-order valence-corrected chi connectivity index (χ2v) is 6.71. The minimum Gasteiger partial charge on any atom is -0.354 e. The molecule has 0 atom stereocenters. The van der Waals surface area contributed by atoms with E-state index in [1.54, 1.807) is 12.1 Å². The number of alkyl halides is 3. The van der Waals surface area contributed by atoms with Crippen molar-refractivity contribution in [2.45, 2.75) is 12.6 Å². The highest BCUT2D eigenvalue weighted by Crippen LogP contribution is 2.31. The van der Waals surface area contributed by atoms with Crippen LogP contribution in [-0.4, -0.2) is 48.2 Å². The Kier molecular flexibility index (Phi) is 6.38. The van der Waals surface area contributed by atoms with E-state index in [0.29, 0.717) is 0 Å². The minimum absolute atomic E-state index is 0.0269. The number of hydrogen-bond acceptors (Lipinski definition) is 4. The summed E-state index contributed by atoms with van der Waals surface area (Å²) in [6.07, 6.45) is -4.80. The van der Waals surface area contributed by atoms with Gasteiger partial charge in [-0.2, -0.15) is 13.2 Å². The molecule has 162 valence electrons. The molecule has 1 aliphatic rings. The molecule has 2 N–H and O–H groups in total. The van der Waals surface area contributed by atoms with Gasteiger partial charge in [-0.1, -0.05) is 24.3 Å². The fraction of sp³-hybridized carbons (Fsp3) is 0.238. The van der Waals surface area contributed by atoms with E-state index in [-0.39, 0.29) is 37.2 Å². The Bertz CT molecular complexity index is 1000. The van der Waals surface area contributed by atoms with Gasteiger partial charge >= 0.3 is 6.18 Å². The number of rotatable bonds is 7. The SMILES string of the molecule is O=C(CCN1C(=O)c2ccccc2C1=O)NCCNC(=O)c1ccccc1C(F)(F)F. The van der Waals surface area contributed by atoms with E-state index < -0.39 is 40.9 Å². The number of nitrogens with zero attached hydrogens (tertiary/aromatic N) is 1. The van der Waals surface area contributed by atoms with Crippen LogP contribution in [0.2, 0.25) is 0 Å². The van der Waals surface area contributed by atoms with Gasteiger partial charge in [-0.15, -0.1) is 0 Å². The molecule has 1 aliphatic heterocycles. The first-order valence-electron chi connectivity index (χ1n) is 9.36. The van der Waals surface area contributed by atoms with E-state index in [0.717, 1.165) is 17.0 Å². The average Bonchev–Trinajstić information content (AvgIpc) is 2.99. The van der Waals surface area contributed by atoms with Gasteiger partial charge in [-0.25, -0.2) is 0 Å². The summed E-state index contributed by atoms with van der Waals surface area (Å²) in [7, 11) is 0. The van der Waals surface area contributed by atoms with Crippen LogP contribution in [0.3, 0.4) is 0 Å². The Morgan fingerprint density at radius 3 is 2.00 bits per heavy atom. The fourth-order valence-corrected chi connectivity index (χ4v) is 3.15. The maximum Gasteiger partial charge on any atom is 0.417 e. The average molecular weight is 433 g/mol. The summed E-state index contributed by atoms with van der Waals surface area (Å²) in [4.78, 5) is 49.4. The molecule has 10 heteroatoms. The third-order valence-electron chi connectivity index (χ3n) is 4.65. The number of carbonyl (C=O) groups is 4. The van der Waals surface area contributed by atoms with Gasteiger partial charge in [0.05, 0.1) is 22.3 Å². The first-order valence-corrected chi connectivity index (χ1v) is 9.36. The third kappa shape index (κ3) is 4.90. The van der Waals surface area contributed by atoms with E-state index in [9.17, 15) is 32.3 Å². The van der Waals surface area contributed by atoms with Crippen LogP contribution in [-0.2, 0) is 11.0 Å². The van der Waals surface area contributed by atoms with Gasteiger partial charge in [0.1, 0.15) is 0 Å². The summed E-state index contributed by atoms with van der Waals surface area (Å²) in [6.45, 7) is -0.228. The summed E-state index contributed by atoms with van der Waals surface area (Å²) < 4.78 is 38.9. The normalized spacial score (nSPS) is 13.2. The molecule has 1 heterocycles. The van der Waals surface area contributed by atoms with Crippen LogP contribution >= 0.6 is 0 Å².